The molecule has 0 spiro atoms. The Bertz CT molecular complexity index is 1450. The average molecular weight is 482 g/mol. The van der Waals surface area contributed by atoms with Crippen molar-refractivity contribution < 1.29 is 17.9 Å². The molecule has 4 aromatic rings. The first kappa shape index (κ1) is 23.4. The monoisotopic (exact) mass is 481 g/mol. The van der Waals surface area contributed by atoms with Crippen LogP contribution in [0.1, 0.15) is 17.0 Å². The van der Waals surface area contributed by atoms with Crippen molar-refractivity contribution in [3.05, 3.63) is 65.6 Å². The molecular formula is C24H27N5O4S. The van der Waals surface area contributed by atoms with Crippen molar-refractivity contribution in [3.8, 4) is 22.6 Å². The van der Waals surface area contributed by atoms with Crippen LogP contribution in [-0.4, -0.2) is 43.5 Å². The van der Waals surface area contributed by atoms with Crippen LogP contribution in [0, 0.1) is 13.8 Å². The smallest absolute Gasteiger partial charge is 0.229 e. The van der Waals surface area contributed by atoms with Gasteiger partial charge in [-0.3, -0.25) is 4.72 Å². The quantitative estimate of drug-likeness (QED) is 0.391. The third-order valence-corrected chi connectivity index (χ3v) is 5.99. The van der Waals surface area contributed by atoms with Gasteiger partial charge in [0.1, 0.15) is 0 Å². The molecule has 0 saturated heterocycles. The van der Waals surface area contributed by atoms with E-state index in [1.165, 1.54) is 0 Å². The van der Waals surface area contributed by atoms with E-state index < -0.39 is 10.0 Å². The number of sulfonamides is 1. The third-order valence-electron chi connectivity index (χ3n) is 5.39. The van der Waals surface area contributed by atoms with Gasteiger partial charge in [0.15, 0.2) is 17.1 Å². The van der Waals surface area contributed by atoms with Crippen LogP contribution in [-0.2, 0) is 16.6 Å². The number of ether oxygens (including phenoxy) is 2. The van der Waals surface area contributed by atoms with Crippen LogP contribution in [0.25, 0.3) is 16.8 Å². The van der Waals surface area contributed by atoms with Gasteiger partial charge in [0, 0.05) is 17.8 Å². The minimum absolute atomic E-state index is 0.528. The SMILES string of the molecule is COc1ccc(-c2c(C)nn3cc(NCc4ccc(NS(C)(=O)=O)cc4)c(C)nc23)cc1OC. The van der Waals surface area contributed by atoms with E-state index in [4.69, 9.17) is 14.5 Å². The average Bonchev–Trinajstić information content (AvgIpc) is 3.11. The number of benzene rings is 2. The first-order valence-corrected chi connectivity index (χ1v) is 12.5. The third kappa shape index (κ3) is 4.91. The summed E-state index contributed by atoms with van der Waals surface area (Å²) in [6.07, 6.45) is 3.05. The van der Waals surface area contributed by atoms with E-state index in [1.54, 1.807) is 30.9 Å². The second kappa shape index (κ2) is 9.22. The Morgan fingerprint density at radius 2 is 1.68 bits per heavy atom. The molecule has 0 atom stereocenters. The first-order valence-electron chi connectivity index (χ1n) is 10.6. The van der Waals surface area contributed by atoms with E-state index in [9.17, 15) is 8.42 Å². The zero-order valence-electron chi connectivity index (χ0n) is 19.7. The van der Waals surface area contributed by atoms with Gasteiger partial charge in [-0.1, -0.05) is 18.2 Å². The number of nitrogens with one attached hydrogen (secondary N) is 2. The standard InChI is InChI=1S/C24H27N5O4S/c1-15-20(25-13-17-6-9-19(10-7-17)28-34(5,30)31)14-29-24(26-15)23(16(2)27-29)18-8-11-21(32-3)22(12-18)33-4/h6-12,14,25,28H,13H2,1-5H3. The topological polar surface area (TPSA) is 107 Å². The van der Waals surface area contributed by atoms with Gasteiger partial charge in [0.2, 0.25) is 10.0 Å². The lowest BCUT2D eigenvalue weighted by Crippen LogP contribution is -2.09. The van der Waals surface area contributed by atoms with E-state index in [2.05, 4.69) is 15.1 Å². The molecule has 2 N–H and O–H groups in total. The molecule has 0 saturated carbocycles. The van der Waals surface area contributed by atoms with Gasteiger partial charge in [-0.2, -0.15) is 5.10 Å². The summed E-state index contributed by atoms with van der Waals surface area (Å²) in [5, 5.41) is 8.06. The van der Waals surface area contributed by atoms with Gasteiger partial charge in [0.25, 0.3) is 0 Å². The Morgan fingerprint density at radius 3 is 2.32 bits per heavy atom. The van der Waals surface area contributed by atoms with Crippen LogP contribution in [0.3, 0.4) is 0 Å². The van der Waals surface area contributed by atoms with Gasteiger partial charge < -0.3 is 14.8 Å². The number of aryl methyl sites for hydroxylation is 2. The first-order chi connectivity index (χ1) is 16.2. The Hall–Kier alpha value is -3.79. The number of hydrogen-bond acceptors (Lipinski definition) is 7. The predicted molar refractivity (Wildman–Crippen MR) is 133 cm³/mol. The second-order valence-corrected chi connectivity index (χ2v) is 9.71. The summed E-state index contributed by atoms with van der Waals surface area (Å²) < 4.78 is 37.8. The minimum atomic E-state index is -3.30. The van der Waals surface area contributed by atoms with E-state index >= 15 is 0 Å². The Kier molecular flexibility index (Phi) is 6.34. The van der Waals surface area contributed by atoms with E-state index in [0.29, 0.717) is 23.7 Å². The predicted octanol–water partition coefficient (Wildman–Crippen LogP) is 4.01. The molecule has 178 valence electrons. The van der Waals surface area contributed by atoms with Gasteiger partial charge >= 0.3 is 0 Å². The lowest BCUT2D eigenvalue weighted by Gasteiger charge is -2.11. The zero-order valence-corrected chi connectivity index (χ0v) is 20.5. The molecule has 0 aliphatic carbocycles. The molecule has 2 aromatic heterocycles. The lowest BCUT2D eigenvalue weighted by atomic mass is 10.1. The number of nitrogens with zero attached hydrogens (tertiary/aromatic N) is 3. The van der Waals surface area contributed by atoms with Crippen LogP contribution in [0.15, 0.2) is 48.7 Å². The maximum absolute atomic E-state index is 11.4. The molecule has 0 amide bonds. The van der Waals surface area contributed by atoms with Crippen LogP contribution >= 0.6 is 0 Å². The van der Waals surface area contributed by atoms with Crippen molar-refractivity contribution in [2.24, 2.45) is 0 Å². The number of aromatic nitrogens is 3. The van der Waals surface area contributed by atoms with Gasteiger partial charge in [-0.05, 0) is 49.2 Å². The summed E-state index contributed by atoms with van der Waals surface area (Å²) in [5.74, 6) is 1.31. The molecule has 10 heteroatoms. The van der Waals surface area contributed by atoms with Gasteiger partial charge in [-0.15, -0.1) is 0 Å². The minimum Gasteiger partial charge on any atom is -0.493 e. The van der Waals surface area contributed by atoms with Crippen molar-refractivity contribution in [1.29, 1.82) is 0 Å². The van der Waals surface area contributed by atoms with Crippen molar-refractivity contribution >= 4 is 27.0 Å². The molecule has 34 heavy (non-hydrogen) atoms. The molecule has 0 radical (unpaired) electrons. The normalized spacial score (nSPS) is 11.4. The fourth-order valence-electron chi connectivity index (χ4n) is 3.77. The highest BCUT2D eigenvalue weighted by Gasteiger charge is 2.17. The van der Waals surface area contributed by atoms with E-state index in [1.807, 2.05) is 50.4 Å². The number of rotatable bonds is 8. The van der Waals surface area contributed by atoms with E-state index in [-0.39, 0.29) is 0 Å². The van der Waals surface area contributed by atoms with Crippen molar-refractivity contribution in [1.82, 2.24) is 14.6 Å². The van der Waals surface area contributed by atoms with Crippen LogP contribution < -0.4 is 19.5 Å². The van der Waals surface area contributed by atoms with Gasteiger partial charge in [0.05, 0.1) is 43.7 Å². The molecule has 0 fully saturated rings. The molecule has 2 aromatic carbocycles. The largest absolute Gasteiger partial charge is 0.493 e. The number of hydrogen-bond donors (Lipinski definition) is 2. The highest BCUT2D eigenvalue weighted by atomic mass is 32.2. The molecule has 0 aliphatic rings. The van der Waals surface area contributed by atoms with Crippen LogP contribution in [0.5, 0.6) is 11.5 Å². The van der Waals surface area contributed by atoms with Crippen LogP contribution in [0.2, 0.25) is 0 Å². The fraction of sp³-hybridized carbons (Fsp3) is 0.250. The van der Waals surface area contributed by atoms with Crippen LogP contribution in [0.4, 0.5) is 11.4 Å². The number of methoxy groups -OCH3 is 2. The molecular weight excluding hydrogens is 454 g/mol. The molecule has 4 rings (SSSR count). The summed E-state index contributed by atoms with van der Waals surface area (Å²) >= 11 is 0. The summed E-state index contributed by atoms with van der Waals surface area (Å²) in [7, 11) is -0.0765. The summed E-state index contributed by atoms with van der Waals surface area (Å²) in [6.45, 7) is 4.45. The maximum Gasteiger partial charge on any atom is 0.229 e. The lowest BCUT2D eigenvalue weighted by molar-refractivity contribution is 0.355. The maximum atomic E-state index is 11.4. The molecule has 0 bridgehead atoms. The summed E-state index contributed by atoms with van der Waals surface area (Å²) in [6, 6.07) is 13.0. The van der Waals surface area contributed by atoms with Crippen molar-refractivity contribution in [3.63, 3.8) is 0 Å². The molecule has 0 unspecified atom stereocenters. The van der Waals surface area contributed by atoms with Gasteiger partial charge in [-0.25, -0.2) is 17.9 Å². The van der Waals surface area contributed by atoms with Crippen molar-refractivity contribution in [2.45, 2.75) is 20.4 Å². The molecule has 9 nitrogen and oxygen atoms in total. The van der Waals surface area contributed by atoms with E-state index in [0.717, 1.165) is 45.7 Å². The number of fused-ring (bicyclic) bond motifs is 1. The Labute approximate surface area is 198 Å². The summed E-state index contributed by atoms with van der Waals surface area (Å²) in [5.41, 5.74) is 6.71. The second-order valence-electron chi connectivity index (χ2n) is 7.96. The molecule has 0 aliphatic heterocycles. The Balaban J connectivity index is 1.59. The number of anilines is 2. The Morgan fingerprint density at radius 1 is 0.971 bits per heavy atom. The van der Waals surface area contributed by atoms with Crippen molar-refractivity contribution in [2.75, 3.05) is 30.5 Å². The highest BCUT2D eigenvalue weighted by Crippen LogP contribution is 2.35. The summed E-state index contributed by atoms with van der Waals surface area (Å²) in [4.78, 5) is 4.83. The zero-order chi connectivity index (χ0) is 24.5. The fourth-order valence-corrected chi connectivity index (χ4v) is 4.34. The highest BCUT2D eigenvalue weighted by molar-refractivity contribution is 7.92. The molecule has 2 heterocycles.